The zero-order valence-electron chi connectivity index (χ0n) is 10.5. The van der Waals surface area contributed by atoms with E-state index in [9.17, 15) is 0 Å². The maximum atomic E-state index is 5.73. The second-order valence-corrected chi connectivity index (χ2v) is 6.38. The summed E-state index contributed by atoms with van der Waals surface area (Å²) in [5, 5.41) is 0. The molecule has 0 radical (unpaired) electrons. The molecule has 1 saturated carbocycles. The molecule has 3 unspecified atom stereocenters. The lowest BCUT2D eigenvalue weighted by Crippen LogP contribution is -2.66. The van der Waals surface area contributed by atoms with Crippen LogP contribution in [0.2, 0.25) is 0 Å². The maximum Gasteiger partial charge on any atom is 0.0813 e. The number of fused-ring (bicyclic) bond motifs is 1. The first kappa shape index (κ1) is 11.4. The molecule has 3 atom stereocenters. The Kier molecular flexibility index (Phi) is 2.61. The number of rotatable bonds is 2. The Morgan fingerprint density at radius 1 is 1.33 bits per heavy atom. The fraction of sp³-hybridized carbons (Fsp3) is 1.00. The van der Waals surface area contributed by atoms with Gasteiger partial charge in [0.2, 0.25) is 0 Å². The third-order valence-electron chi connectivity index (χ3n) is 3.59. The predicted octanol–water partition coefficient (Wildman–Crippen LogP) is 2.12. The summed E-state index contributed by atoms with van der Waals surface area (Å²) in [5.41, 5.74) is 3.32. The van der Waals surface area contributed by atoms with Crippen LogP contribution in [0.4, 0.5) is 0 Å². The first-order chi connectivity index (χ1) is 6.82. The normalized spacial score (nSPS) is 38.6. The van der Waals surface area contributed by atoms with Crippen LogP contribution in [0, 0.1) is 11.3 Å². The molecule has 0 aromatic carbocycles. The first-order valence-corrected chi connectivity index (χ1v) is 5.87. The van der Waals surface area contributed by atoms with Crippen LogP contribution in [0.15, 0.2) is 0 Å². The van der Waals surface area contributed by atoms with Gasteiger partial charge in [-0.15, -0.1) is 0 Å². The molecule has 1 saturated heterocycles. The topological polar surface area (TPSA) is 30.5 Å². The Morgan fingerprint density at radius 2 is 2.00 bits per heavy atom. The lowest BCUT2D eigenvalue weighted by molar-refractivity contribution is -0.188. The Balaban J connectivity index is 1.93. The second kappa shape index (κ2) is 3.44. The van der Waals surface area contributed by atoms with E-state index >= 15 is 0 Å². The molecule has 0 amide bonds. The summed E-state index contributed by atoms with van der Waals surface area (Å²) in [6.45, 7) is 11.6. The smallest absolute Gasteiger partial charge is 0.0813 e. The molecule has 1 aliphatic heterocycles. The van der Waals surface area contributed by atoms with Gasteiger partial charge in [0, 0.05) is 24.0 Å². The number of nitrogens with one attached hydrogen (secondary N) is 1. The van der Waals surface area contributed by atoms with Crippen molar-refractivity contribution >= 4 is 0 Å². The SMILES string of the molecule is CC(C)(C)ONC1C2CCOC2C1(C)C. The fourth-order valence-electron chi connectivity index (χ4n) is 2.80. The van der Waals surface area contributed by atoms with E-state index in [2.05, 4.69) is 40.1 Å². The summed E-state index contributed by atoms with van der Waals surface area (Å²) in [6.07, 6.45) is 1.60. The summed E-state index contributed by atoms with van der Waals surface area (Å²) in [7, 11) is 0. The molecular formula is C12H23NO2. The summed E-state index contributed by atoms with van der Waals surface area (Å²) in [6, 6.07) is 0.434. The Bertz CT molecular complexity index is 244. The van der Waals surface area contributed by atoms with Gasteiger partial charge in [-0.05, 0) is 27.2 Å². The van der Waals surface area contributed by atoms with Crippen molar-refractivity contribution in [3.63, 3.8) is 0 Å². The number of hydroxylamine groups is 1. The van der Waals surface area contributed by atoms with Crippen molar-refractivity contribution in [1.82, 2.24) is 5.48 Å². The molecule has 2 fully saturated rings. The number of ether oxygens (including phenoxy) is 1. The summed E-state index contributed by atoms with van der Waals surface area (Å²) in [5.74, 6) is 0.641. The molecule has 2 rings (SSSR count). The molecule has 0 aromatic heterocycles. The van der Waals surface area contributed by atoms with Crippen LogP contribution in [-0.2, 0) is 9.57 Å². The van der Waals surface area contributed by atoms with Crippen LogP contribution in [0.5, 0.6) is 0 Å². The van der Waals surface area contributed by atoms with E-state index in [1.165, 1.54) is 6.42 Å². The predicted molar refractivity (Wildman–Crippen MR) is 59.4 cm³/mol. The molecular weight excluding hydrogens is 190 g/mol. The average Bonchev–Trinajstić information content (AvgIpc) is 2.47. The lowest BCUT2D eigenvalue weighted by Gasteiger charge is -2.54. The minimum atomic E-state index is -0.124. The van der Waals surface area contributed by atoms with Crippen LogP contribution in [0.3, 0.4) is 0 Å². The molecule has 1 heterocycles. The van der Waals surface area contributed by atoms with Crippen LogP contribution < -0.4 is 5.48 Å². The van der Waals surface area contributed by atoms with Crippen molar-refractivity contribution in [2.45, 2.75) is 58.8 Å². The highest BCUT2D eigenvalue weighted by Crippen LogP contribution is 2.52. The zero-order chi connectivity index (χ0) is 11.3. The van der Waals surface area contributed by atoms with Gasteiger partial charge in [-0.3, -0.25) is 4.84 Å². The van der Waals surface area contributed by atoms with E-state index < -0.39 is 0 Å². The molecule has 1 N–H and O–H groups in total. The molecule has 3 heteroatoms. The van der Waals surface area contributed by atoms with Crippen LogP contribution in [0.1, 0.15) is 41.0 Å². The highest BCUT2D eigenvalue weighted by molar-refractivity contribution is 5.10. The van der Waals surface area contributed by atoms with Crippen molar-refractivity contribution in [3.8, 4) is 0 Å². The Hall–Kier alpha value is -0.120. The van der Waals surface area contributed by atoms with Crippen molar-refractivity contribution in [2.24, 2.45) is 11.3 Å². The largest absolute Gasteiger partial charge is 0.377 e. The lowest BCUT2D eigenvalue weighted by atomic mass is 9.58. The van der Waals surface area contributed by atoms with Crippen molar-refractivity contribution < 1.29 is 9.57 Å². The van der Waals surface area contributed by atoms with Gasteiger partial charge in [0.05, 0.1) is 11.7 Å². The van der Waals surface area contributed by atoms with Gasteiger partial charge in [0.25, 0.3) is 0 Å². The number of hydrogen-bond donors (Lipinski definition) is 1. The minimum Gasteiger partial charge on any atom is -0.377 e. The van der Waals surface area contributed by atoms with Gasteiger partial charge in [0.1, 0.15) is 0 Å². The quantitative estimate of drug-likeness (QED) is 0.713. The van der Waals surface area contributed by atoms with E-state index in [0.29, 0.717) is 18.1 Å². The van der Waals surface area contributed by atoms with Crippen LogP contribution in [0.25, 0.3) is 0 Å². The van der Waals surface area contributed by atoms with Crippen molar-refractivity contribution in [3.05, 3.63) is 0 Å². The summed E-state index contributed by atoms with van der Waals surface area (Å²) < 4.78 is 5.73. The molecule has 2 aliphatic rings. The van der Waals surface area contributed by atoms with Gasteiger partial charge in [-0.25, -0.2) is 0 Å². The van der Waals surface area contributed by atoms with Crippen LogP contribution in [-0.4, -0.2) is 24.4 Å². The monoisotopic (exact) mass is 213 g/mol. The Labute approximate surface area is 92.5 Å². The zero-order valence-corrected chi connectivity index (χ0v) is 10.5. The van der Waals surface area contributed by atoms with Crippen molar-refractivity contribution in [1.29, 1.82) is 0 Å². The van der Waals surface area contributed by atoms with E-state index in [1.807, 2.05) is 0 Å². The fourth-order valence-corrected chi connectivity index (χ4v) is 2.80. The molecule has 3 nitrogen and oxygen atoms in total. The maximum absolute atomic E-state index is 5.73. The van der Waals surface area contributed by atoms with E-state index in [0.717, 1.165) is 6.61 Å². The van der Waals surface area contributed by atoms with E-state index in [-0.39, 0.29) is 11.0 Å². The van der Waals surface area contributed by atoms with Gasteiger partial charge in [0.15, 0.2) is 0 Å². The van der Waals surface area contributed by atoms with Gasteiger partial charge < -0.3 is 4.74 Å². The molecule has 1 aliphatic carbocycles. The van der Waals surface area contributed by atoms with E-state index in [1.54, 1.807) is 0 Å². The molecule has 0 aromatic rings. The third kappa shape index (κ3) is 1.93. The highest BCUT2D eigenvalue weighted by atomic mass is 16.7. The standard InChI is InChI=1S/C12H23NO2/c1-11(2,3)15-13-9-8-6-7-14-10(8)12(9,4)5/h8-10,13H,6-7H2,1-5H3. The molecule has 15 heavy (non-hydrogen) atoms. The molecule has 0 spiro atoms. The van der Waals surface area contributed by atoms with Gasteiger partial charge in [-0.2, -0.15) is 5.48 Å². The summed E-state index contributed by atoms with van der Waals surface area (Å²) >= 11 is 0. The second-order valence-electron chi connectivity index (χ2n) is 6.38. The van der Waals surface area contributed by atoms with E-state index in [4.69, 9.17) is 9.57 Å². The molecule has 88 valence electrons. The van der Waals surface area contributed by atoms with Crippen molar-refractivity contribution in [2.75, 3.05) is 6.61 Å². The molecule has 0 bridgehead atoms. The Morgan fingerprint density at radius 3 is 2.60 bits per heavy atom. The highest BCUT2D eigenvalue weighted by Gasteiger charge is 2.59. The third-order valence-corrected chi connectivity index (χ3v) is 3.59. The van der Waals surface area contributed by atoms with Gasteiger partial charge >= 0.3 is 0 Å². The average molecular weight is 213 g/mol. The number of hydrogen-bond acceptors (Lipinski definition) is 3. The summed E-state index contributed by atoms with van der Waals surface area (Å²) in [4.78, 5) is 5.67. The van der Waals surface area contributed by atoms with Gasteiger partial charge in [-0.1, -0.05) is 13.8 Å². The first-order valence-electron chi connectivity index (χ1n) is 5.87. The minimum absolute atomic E-state index is 0.124. The van der Waals surface area contributed by atoms with Crippen LogP contribution >= 0.6 is 0 Å².